The van der Waals surface area contributed by atoms with Gasteiger partial charge in [-0.25, -0.2) is 12.8 Å². The Morgan fingerprint density at radius 1 is 1.08 bits per heavy atom. The molecule has 1 amide bonds. The molecule has 0 fully saturated rings. The van der Waals surface area contributed by atoms with Gasteiger partial charge in [0.1, 0.15) is 16.7 Å². The second-order valence-electron chi connectivity index (χ2n) is 9.59. The van der Waals surface area contributed by atoms with Crippen molar-refractivity contribution in [2.24, 2.45) is 10.1 Å². The lowest BCUT2D eigenvalue weighted by atomic mass is 9.91. The second-order valence-corrected chi connectivity index (χ2v) is 11.3. The number of rotatable bonds is 8. The number of hydrogen-bond acceptors (Lipinski definition) is 5. The molecule has 3 aromatic rings. The molecule has 0 radical (unpaired) electrons. The van der Waals surface area contributed by atoms with Crippen LogP contribution in [0, 0.1) is 5.82 Å². The maximum Gasteiger partial charge on any atom is 0.267 e. The van der Waals surface area contributed by atoms with E-state index < -0.39 is 38.5 Å². The minimum Gasteiger partial charge on any atom is -0.472 e. The average molecular weight is 525 g/mol. The summed E-state index contributed by atoms with van der Waals surface area (Å²) in [5.74, 6) is -1.47. The van der Waals surface area contributed by atoms with E-state index in [1.54, 1.807) is 74.5 Å². The standard InChI is InChI=1S/C28H29FN2O5S/c1-28(2)26(19-12-10-18(11-13-19)20-6-5-7-22(16-20)27(30)33)37(34,35)31-25(36-28)17-21(14-15-32)23-8-3-4-9-24(23)29/h3-13,16,21,26,32H,14-15,17H2,1-2H3,(H2,30,33)/t21-,26?/m1/s1. The number of halogens is 1. The summed E-state index contributed by atoms with van der Waals surface area (Å²) in [6.07, 6.45) is 0.262. The topological polar surface area (TPSA) is 119 Å². The molecule has 1 aliphatic heterocycles. The van der Waals surface area contributed by atoms with E-state index in [4.69, 9.17) is 10.5 Å². The number of hydrogen-bond donors (Lipinski definition) is 2. The second kappa shape index (κ2) is 10.4. The van der Waals surface area contributed by atoms with Crippen molar-refractivity contribution in [3.8, 4) is 11.1 Å². The number of carbonyl (C=O) groups excluding carboxylic acids is 1. The Balaban J connectivity index is 1.63. The first-order chi connectivity index (χ1) is 17.5. The van der Waals surface area contributed by atoms with Crippen molar-refractivity contribution in [1.82, 2.24) is 0 Å². The SMILES string of the molecule is CC1(C)OC(C[C@@H](CCO)c2ccccc2F)=NS(=O)(=O)C1c1ccc(-c2cccc(C(N)=O)c2)cc1. The van der Waals surface area contributed by atoms with Crippen LogP contribution in [-0.4, -0.2) is 37.5 Å². The number of aliphatic hydroxyl groups is 1. The summed E-state index contributed by atoms with van der Waals surface area (Å²) in [5, 5.41) is 8.45. The van der Waals surface area contributed by atoms with Crippen molar-refractivity contribution in [2.45, 2.75) is 43.5 Å². The van der Waals surface area contributed by atoms with Crippen molar-refractivity contribution < 1.29 is 27.4 Å². The molecule has 194 valence electrons. The molecule has 9 heteroatoms. The fourth-order valence-corrected chi connectivity index (χ4v) is 6.59. The lowest BCUT2D eigenvalue weighted by molar-refractivity contribution is 0.0797. The Bertz CT molecular complexity index is 1430. The fourth-order valence-electron chi connectivity index (χ4n) is 4.82. The van der Waals surface area contributed by atoms with Gasteiger partial charge in [-0.2, -0.15) is 0 Å². The highest BCUT2D eigenvalue weighted by atomic mass is 32.2. The lowest BCUT2D eigenvalue weighted by Crippen LogP contribution is -2.43. The van der Waals surface area contributed by atoms with Crippen LogP contribution >= 0.6 is 0 Å². The maximum atomic E-state index is 14.4. The molecule has 7 nitrogen and oxygen atoms in total. The first kappa shape index (κ1) is 26.5. The molecule has 0 saturated carbocycles. The van der Waals surface area contributed by atoms with E-state index >= 15 is 0 Å². The van der Waals surface area contributed by atoms with Gasteiger partial charge in [0.25, 0.3) is 10.0 Å². The van der Waals surface area contributed by atoms with Crippen molar-refractivity contribution in [3.05, 3.63) is 95.3 Å². The Labute approximate surface area is 215 Å². The van der Waals surface area contributed by atoms with Crippen LogP contribution in [0.4, 0.5) is 4.39 Å². The first-order valence-corrected chi connectivity index (χ1v) is 13.4. The van der Waals surface area contributed by atoms with Gasteiger partial charge in [0, 0.05) is 18.6 Å². The smallest absolute Gasteiger partial charge is 0.267 e. The van der Waals surface area contributed by atoms with Gasteiger partial charge in [-0.3, -0.25) is 4.79 Å². The maximum absolute atomic E-state index is 14.4. The predicted octanol–water partition coefficient (Wildman–Crippen LogP) is 4.73. The summed E-state index contributed by atoms with van der Waals surface area (Å²) < 4.78 is 51.2. The molecular weight excluding hydrogens is 495 g/mol. The Hall–Kier alpha value is -3.56. The third kappa shape index (κ3) is 5.73. The summed E-state index contributed by atoms with van der Waals surface area (Å²) in [6, 6.07) is 20.0. The van der Waals surface area contributed by atoms with Gasteiger partial charge in [0.2, 0.25) is 11.8 Å². The third-order valence-corrected chi connectivity index (χ3v) is 8.37. The lowest BCUT2D eigenvalue weighted by Gasteiger charge is -2.38. The number of carbonyl (C=O) groups is 1. The fraction of sp³-hybridized carbons (Fsp3) is 0.286. The molecule has 37 heavy (non-hydrogen) atoms. The van der Waals surface area contributed by atoms with Crippen molar-refractivity contribution in [3.63, 3.8) is 0 Å². The Morgan fingerprint density at radius 3 is 2.41 bits per heavy atom. The normalized spacial score (nSPS) is 18.9. The zero-order valence-corrected chi connectivity index (χ0v) is 21.4. The van der Waals surface area contributed by atoms with Crippen LogP contribution in [0.1, 0.15) is 59.3 Å². The van der Waals surface area contributed by atoms with Crippen molar-refractivity contribution >= 4 is 21.8 Å². The molecule has 0 saturated heterocycles. The molecule has 0 spiro atoms. The van der Waals surface area contributed by atoms with Crippen molar-refractivity contribution in [2.75, 3.05) is 6.61 Å². The molecule has 2 atom stereocenters. The highest BCUT2D eigenvalue weighted by Crippen LogP contribution is 2.42. The summed E-state index contributed by atoms with van der Waals surface area (Å²) >= 11 is 0. The van der Waals surface area contributed by atoms with E-state index in [1.165, 1.54) is 6.07 Å². The number of primary amides is 1. The average Bonchev–Trinajstić information content (AvgIpc) is 2.83. The van der Waals surface area contributed by atoms with Gasteiger partial charge < -0.3 is 15.6 Å². The van der Waals surface area contributed by atoms with E-state index in [-0.39, 0.29) is 25.3 Å². The first-order valence-electron chi connectivity index (χ1n) is 11.9. The molecule has 1 heterocycles. The molecular formula is C28H29FN2O5S. The predicted molar refractivity (Wildman–Crippen MR) is 140 cm³/mol. The summed E-state index contributed by atoms with van der Waals surface area (Å²) in [6.45, 7) is 3.16. The van der Waals surface area contributed by atoms with Gasteiger partial charge in [-0.1, -0.05) is 54.6 Å². The molecule has 1 unspecified atom stereocenters. The van der Waals surface area contributed by atoms with Gasteiger partial charge in [-0.05, 0) is 66.6 Å². The summed E-state index contributed by atoms with van der Waals surface area (Å²) in [7, 11) is -4.04. The molecule has 0 aliphatic carbocycles. The zero-order valence-electron chi connectivity index (χ0n) is 20.6. The largest absolute Gasteiger partial charge is 0.472 e. The summed E-state index contributed by atoms with van der Waals surface area (Å²) in [5.41, 5.74) is 7.03. The molecule has 3 aromatic carbocycles. The number of benzene rings is 3. The van der Waals surface area contributed by atoms with E-state index in [1.807, 2.05) is 6.07 Å². The van der Waals surface area contributed by atoms with Crippen molar-refractivity contribution in [1.29, 1.82) is 0 Å². The highest BCUT2D eigenvalue weighted by Gasteiger charge is 2.47. The third-order valence-electron chi connectivity index (χ3n) is 6.48. The monoisotopic (exact) mass is 524 g/mol. The molecule has 4 rings (SSSR count). The van der Waals surface area contributed by atoms with Crippen LogP contribution in [0.2, 0.25) is 0 Å². The van der Waals surface area contributed by atoms with Crippen LogP contribution in [0.5, 0.6) is 0 Å². The quantitative estimate of drug-likeness (QED) is 0.442. The Morgan fingerprint density at radius 2 is 1.78 bits per heavy atom. The van der Waals surface area contributed by atoms with E-state index in [2.05, 4.69) is 4.40 Å². The Kier molecular flexibility index (Phi) is 7.47. The molecule has 3 N–H and O–H groups in total. The van der Waals surface area contributed by atoms with Crippen LogP contribution < -0.4 is 5.73 Å². The minimum absolute atomic E-state index is 0.0113. The number of ether oxygens (including phenoxy) is 1. The number of sulfonamides is 1. The van der Waals surface area contributed by atoms with Crippen LogP contribution in [-0.2, 0) is 14.8 Å². The zero-order chi connectivity index (χ0) is 26.8. The van der Waals surface area contributed by atoms with E-state index in [0.29, 0.717) is 16.7 Å². The van der Waals surface area contributed by atoms with Crippen LogP contribution in [0.3, 0.4) is 0 Å². The van der Waals surface area contributed by atoms with Gasteiger partial charge >= 0.3 is 0 Å². The highest BCUT2D eigenvalue weighted by molar-refractivity contribution is 7.90. The van der Waals surface area contributed by atoms with Gasteiger partial charge in [0.15, 0.2) is 0 Å². The molecule has 0 bridgehead atoms. The number of aliphatic hydroxyl groups excluding tert-OH is 1. The van der Waals surface area contributed by atoms with E-state index in [9.17, 15) is 22.7 Å². The number of nitrogens with zero attached hydrogens (tertiary/aromatic N) is 1. The molecule has 1 aliphatic rings. The van der Waals surface area contributed by atoms with Crippen LogP contribution in [0.15, 0.2) is 77.2 Å². The number of amides is 1. The molecule has 0 aromatic heterocycles. The van der Waals surface area contributed by atoms with Gasteiger partial charge in [0.05, 0.1) is 0 Å². The van der Waals surface area contributed by atoms with E-state index in [0.717, 1.165) is 11.1 Å². The number of nitrogens with two attached hydrogens (primary N) is 1. The summed E-state index contributed by atoms with van der Waals surface area (Å²) in [4.78, 5) is 11.5. The minimum atomic E-state index is -4.04. The van der Waals surface area contributed by atoms with Crippen LogP contribution in [0.25, 0.3) is 11.1 Å². The van der Waals surface area contributed by atoms with Gasteiger partial charge in [-0.15, -0.1) is 4.40 Å².